The van der Waals surface area contributed by atoms with Crippen molar-refractivity contribution in [3.05, 3.63) is 66.4 Å². The topological polar surface area (TPSA) is 67.9 Å². The Morgan fingerprint density at radius 3 is 2.56 bits per heavy atom. The quantitative estimate of drug-likeness (QED) is 0.794. The minimum absolute atomic E-state index is 0.234. The Morgan fingerprint density at radius 2 is 1.89 bits per heavy atom. The van der Waals surface area contributed by atoms with Gasteiger partial charge in [0.2, 0.25) is 0 Å². The molecule has 0 aliphatic carbocycles. The third-order valence-electron chi connectivity index (χ3n) is 4.38. The number of ether oxygens (including phenoxy) is 2. The fourth-order valence-corrected chi connectivity index (χ4v) is 3.07. The molecule has 0 aromatic heterocycles. The monoisotopic (exact) mass is 366 g/mol. The Labute approximate surface area is 158 Å². The molecule has 0 radical (unpaired) electrons. The van der Waals surface area contributed by atoms with Gasteiger partial charge in [-0.25, -0.2) is 4.79 Å². The number of hydrogen-bond donors (Lipinski definition) is 1. The standard InChI is InChI=1S/C21H22N2O4/c1-4-27-20(25)21(2)14-18(22-15-9-8-12-17(13-15)26-3)19(24)23(21)16-10-6-5-7-11-16/h5-14,22H,4H2,1-3H3/t21-/m1/s1. The van der Waals surface area contributed by atoms with Crippen LogP contribution < -0.4 is 15.0 Å². The van der Waals surface area contributed by atoms with Crippen LogP contribution in [0.15, 0.2) is 66.4 Å². The number of benzene rings is 2. The molecule has 0 unspecified atom stereocenters. The van der Waals surface area contributed by atoms with E-state index >= 15 is 0 Å². The Kier molecular flexibility index (Phi) is 5.16. The zero-order valence-corrected chi connectivity index (χ0v) is 15.6. The third kappa shape index (κ3) is 3.51. The second-order valence-electron chi connectivity index (χ2n) is 6.26. The number of para-hydroxylation sites is 1. The van der Waals surface area contributed by atoms with E-state index in [2.05, 4.69) is 5.32 Å². The van der Waals surface area contributed by atoms with E-state index in [1.165, 1.54) is 4.90 Å². The molecule has 2 aromatic carbocycles. The molecule has 27 heavy (non-hydrogen) atoms. The summed E-state index contributed by atoms with van der Waals surface area (Å²) in [6.07, 6.45) is 1.61. The number of carbonyl (C=O) groups excluding carboxylic acids is 2. The fourth-order valence-electron chi connectivity index (χ4n) is 3.07. The summed E-state index contributed by atoms with van der Waals surface area (Å²) < 4.78 is 10.5. The third-order valence-corrected chi connectivity index (χ3v) is 4.38. The molecule has 1 N–H and O–H groups in total. The van der Waals surface area contributed by atoms with E-state index in [4.69, 9.17) is 9.47 Å². The van der Waals surface area contributed by atoms with Crippen LogP contribution in [-0.2, 0) is 14.3 Å². The van der Waals surface area contributed by atoms with Gasteiger partial charge < -0.3 is 14.8 Å². The Hall–Kier alpha value is -3.28. The molecule has 1 atom stereocenters. The van der Waals surface area contributed by atoms with Crippen LogP contribution in [0.1, 0.15) is 13.8 Å². The zero-order chi connectivity index (χ0) is 19.4. The number of carbonyl (C=O) groups is 2. The number of anilines is 2. The van der Waals surface area contributed by atoms with Crippen LogP contribution in [0.25, 0.3) is 0 Å². The van der Waals surface area contributed by atoms with Gasteiger partial charge in [-0.05, 0) is 44.2 Å². The van der Waals surface area contributed by atoms with Crippen molar-refractivity contribution < 1.29 is 19.1 Å². The van der Waals surface area contributed by atoms with Crippen LogP contribution in [-0.4, -0.2) is 31.1 Å². The van der Waals surface area contributed by atoms with Crippen LogP contribution in [0.5, 0.6) is 5.75 Å². The van der Waals surface area contributed by atoms with Gasteiger partial charge in [0, 0.05) is 17.4 Å². The van der Waals surface area contributed by atoms with Gasteiger partial charge >= 0.3 is 5.97 Å². The molecule has 1 aliphatic heterocycles. The molecule has 1 amide bonds. The highest BCUT2D eigenvalue weighted by molar-refractivity contribution is 6.16. The Morgan fingerprint density at radius 1 is 1.15 bits per heavy atom. The average Bonchev–Trinajstić information content (AvgIpc) is 2.94. The summed E-state index contributed by atoms with van der Waals surface area (Å²) in [5, 5.41) is 3.10. The minimum atomic E-state index is -1.24. The number of esters is 1. The number of hydrogen-bond acceptors (Lipinski definition) is 5. The van der Waals surface area contributed by atoms with E-state index in [1.54, 1.807) is 45.2 Å². The molecule has 140 valence electrons. The largest absolute Gasteiger partial charge is 0.497 e. The predicted molar refractivity (Wildman–Crippen MR) is 104 cm³/mol. The lowest BCUT2D eigenvalue weighted by Gasteiger charge is -2.32. The summed E-state index contributed by atoms with van der Waals surface area (Å²) in [5.41, 5.74) is 0.379. The van der Waals surface area contributed by atoms with Crippen LogP contribution >= 0.6 is 0 Å². The second kappa shape index (κ2) is 7.53. The predicted octanol–water partition coefficient (Wildman–Crippen LogP) is 3.36. The minimum Gasteiger partial charge on any atom is -0.497 e. The molecule has 1 aliphatic rings. The first-order valence-corrected chi connectivity index (χ1v) is 8.70. The highest BCUT2D eigenvalue weighted by Gasteiger charge is 2.49. The molecule has 0 bridgehead atoms. The van der Waals surface area contributed by atoms with E-state index in [1.807, 2.05) is 36.4 Å². The lowest BCUT2D eigenvalue weighted by atomic mass is 10.0. The van der Waals surface area contributed by atoms with E-state index in [9.17, 15) is 9.59 Å². The van der Waals surface area contributed by atoms with Crippen molar-refractivity contribution in [1.29, 1.82) is 0 Å². The average molecular weight is 366 g/mol. The van der Waals surface area contributed by atoms with Gasteiger partial charge in [-0.15, -0.1) is 0 Å². The molecule has 0 fully saturated rings. The maximum Gasteiger partial charge on any atom is 0.336 e. The fraction of sp³-hybridized carbons (Fsp3) is 0.238. The summed E-state index contributed by atoms with van der Waals surface area (Å²) in [6.45, 7) is 3.65. The number of nitrogens with one attached hydrogen (secondary N) is 1. The molecule has 6 nitrogen and oxygen atoms in total. The molecular weight excluding hydrogens is 344 g/mol. The lowest BCUT2D eigenvalue weighted by molar-refractivity contribution is -0.147. The van der Waals surface area contributed by atoms with Crippen molar-refractivity contribution in [2.75, 3.05) is 23.9 Å². The first kappa shape index (κ1) is 18.5. The highest BCUT2D eigenvalue weighted by atomic mass is 16.5. The van der Waals surface area contributed by atoms with E-state index in [-0.39, 0.29) is 12.5 Å². The highest BCUT2D eigenvalue weighted by Crippen LogP contribution is 2.35. The van der Waals surface area contributed by atoms with Crippen LogP contribution in [0.3, 0.4) is 0 Å². The molecule has 3 rings (SSSR count). The van der Waals surface area contributed by atoms with Crippen LogP contribution in [0, 0.1) is 0 Å². The molecular formula is C21H22N2O4. The summed E-state index contributed by atoms with van der Waals surface area (Å²) in [6, 6.07) is 16.3. The maximum absolute atomic E-state index is 13.1. The number of nitrogens with zero attached hydrogens (tertiary/aromatic N) is 1. The maximum atomic E-state index is 13.1. The van der Waals surface area contributed by atoms with Crippen molar-refractivity contribution in [1.82, 2.24) is 0 Å². The summed E-state index contributed by atoms with van der Waals surface area (Å²) in [5.74, 6) is -0.122. The number of methoxy groups -OCH3 is 1. The van der Waals surface area contributed by atoms with Gasteiger partial charge in [0.1, 0.15) is 11.4 Å². The molecule has 2 aromatic rings. The number of amides is 1. The lowest BCUT2D eigenvalue weighted by Crippen LogP contribution is -2.51. The van der Waals surface area contributed by atoms with Gasteiger partial charge in [0.25, 0.3) is 5.91 Å². The number of rotatable bonds is 6. The van der Waals surface area contributed by atoms with E-state index in [0.29, 0.717) is 22.8 Å². The van der Waals surface area contributed by atoms with Gasteiger partial charge in [-0.1, -0.05) is 24.3 Å². The van der Waals surface area contributed by atoms with Crippen molar-refractivity contribution in [2.45, 2.75) is 19.4 Å². The summed E-state index contributed by atoms with van der Waals surface area (Å²) in [4.78, 5) is 27.3. The second-order valence-corrected chi connectivity index (χ2v) is 6.26. The van der Waals surface area contributed by atoms with Crippen molar-refractivity contribution in [2.24, 2.45) is 0 Å². The molecule has 0 saturated heterocycles. The van der Waals surface area contributed by atoms with Crippen LogP contribution in [0.2, 0.25) is 0 Å². The molecule has 1 heterocycles. The summed E-state index contributed by atoms with van der Waals surface area (Å²) >= 11 is 0. The van der Waals surface area contributed by atoms with Crippen LogP contribution in [0.4, 0.5) is 11.4 Å². The Bertz CT molecular complexity index is 879. The van der Waals surface area contributed by atoms with E-state index in [0.717, 1.165) is 0 Å². The molecule has 0 saturated carbocycles. The van der Waals surface area contributed by atoms with Gasteiger partial charge in [-0.3, -0.25) is 9.69 Å². The SMILES string of the molecule is CCOC(=O)[C@@]1(C)C=C(Nc2cccc(OC)c2)C(=O)N1c1ccccc1. The van der Waals surface area contributed by atoms with Gasteiger partial charge in [-0.2, -0.15) is 0 Å². The molecule has 6 heteroatoms. The van der Waals surface area contributed by atoms with Gasteiger partial charge in [0.05, 0.1) is 13.7 Å². The van der Waals surface area contributed by atoms with E-state index < -0.39 is 11.5 Å². The zero-order valence-electron chi connectivity index (χ0n) is 15.6. The summed E-state index contributed by atoms with van der Waals surface area (Å²) in [7, 11) is 1.58. The van der Waals surface area contributed by atoms with Crippen molar-refractivity contribution >= 4 is 23.3 Å². The first-order valence-electron chi connectivity index (χ1n) is 8.70. The van der Waals surface area contributed by atoms with Crippen molar-refractivity contribution in [3.63, 3.8) is 0 Å². The normalized spacial score (nSPS) is 18.9. The smallest absolute Gasteiger partial charge is 0.336 e. The van der Waals surface area contributed by atoms with Gasteiger partial charge in [0.15, 0.2) is 5.54 Å². The first-order chi connectivity index (χ1) is 13.0. The van der Waals surface area contributed by atoms with Crippen molar-refractivity contribution in [3.8, 4) is 5.75 Å². The molecule has 0 spiro atoms. The Balaban J connectivity index is 1.99.